The Balaban J connectivity index is 1.59. The maximum atomic E-state index is 12.1. The van der Waals surface area contributed by atoms with Crippen LogP contribution in [0.2, 0.25) is 0 Å². The summed E-state index contributed by atoms with van der Waals surface area (Å²) in [4.78, 5) is 25.9. The third-order valence-electron chi connectivity index (χ3n) is 4.50. The van der Waals surface area contributed by atoms with Crippen molar-refractivity contribution in [2.45, 2.75) is 25.8 Å². The number of benzene rings is 1. The number of fused-ring (bicyclic) bond motifs is 3. The van der Waals surface area contributed by atoms with Crippen molar-refractivity contribution in [2.75, 3.05) is 25.0 Å². The van der Waals surface area contributed by atoms with Crippen molar-refractivity contribution in [3.8, 4) is 0 Å². The van der Waals surface area contributed by atoms with Crippen molar-refractivity contribution < 1.29 is 9.59 Å². The Kier molecular flexibility index (Phi) is 3.92. The summed E-state index contributed by atoms with van der Waals surface area (Å²) in [6, 6.07) is 7.08. The minimum Gasteiger partial charge on any atom is -0.334 e. The van der Waals surface area contributed by atoms with Crippen molar-refractivity contribution in [1.29, 1.82) is 0 Å². The van der Waals surface area contributed by atoms with Gasteiger partial charge in [-0.15, -0.1) is 0 Å². The topological polar surface area (TPSA) is 61.4 Å². The molecule has 3 aliphatic heterocycles. The van der Waals surface area contributed by atoms with Crippen molar-refractivity contribution in [1.82, 2.24) is 10.2 Å². The first-order chi connectivity index (χ1) is 10.1. The molecule has 3 fully saturated rings. The average molecular weight is 287 g/mol. The van der Waals surface area contributed by atoms with Gasteiger partial charge in [-0.25, -0.2) is 4.79 Å². The molecule has 1 aromatic carbocycles. The van der Waals surface area contributed by atoms with Gasteiger partial charge in [0, 0.05) is 23.8 Å². The number of hydrogen-bond acceptors (Lipinski definition) is 3. The normalized spacial score (nSPS) is 27.2. The second-order valence-corrected chi connectivity index (χ2v) is 5.98. The van der Waals surface area contributed by atoms with Gasteiger partial charge in [0.15, 0.2) is 5.78 Å². The summed E-state index contributed by atoms with van der Waals surface area (Å²) < 4.78 is 0. The Morgan fingerprint density at radius 2 is 2.00 bits per heavy atom. The number of amides is 2. The quantitative estimate of drug-likeness (QED) is 0.837. The van der Waals surface area contributed by atoms with Crippen LogP contribution in [0.1, 0.15) is 30.1 Å². The first kappa shape index (κ1) is 14.1. The van der Waals surface area contributed by atoms with Gasteiger partial charge in [-0.2, -0.15) is 0 Å². The summed E-state index contributed by atoms with van der Waals surface area (Å²) >= 11 is 0. The van der Waals surface area contributed by atoms with Crippen molar-refractivity contribution in [3.63, 3.8) is 0 Å². The predicted molar refractivity (Wildman–Crippen MR) is 81.6 cm³/mol. The monoisotopic (exact) mass is 287 g/mol. The van der Waals surface area contributed by atoms with E-state index < -0.39 is 0 Å². The highest BCUT2D eigenvalue weighted by atomic mass is 16.2. The zero-order valence-corrected chi connectivity index (χ0v) is 12.3. The molecule has 2 N–H and O–H groups in total. The number of urea groups is 1. The highest BCUT2D eigenvalue weighted by molar-refractivity contribution is 5.96. The van der Waals surface area contributed by atoms with E-state index in [9.17, 15) is 9.59 Å². The predicted octanol–water partition coefficient (Wildman–Crippen LogP) is 2.10. The summed E-state index contributed by atoms with van der Waals surface area (Å²) in [6.07, 6.45) is 2.34. The molecule has 5 heteroatoms. The molecule has 2 bridgehead atoms. The van der Waals surface area contributed by atoms with Crippen LogP contribution < -0.4 is 10.6 Å². The van der Waals surface area contributed by atoms with E-state index in [1.54, 1.807) is 24.3 Å². The molecule has 5 nitrogen and oxygen atoms in total. The zero-order valence-electron chi connectivity index (χ0n) is 12.3. The number of ketones is 1. The van der Waals surface area contributed by atoms with Gasteiger partial charge in [0.2, 0.25) is 0 Å². The average Bonchev–Trinajstić information content (AvgIpc) is 2.48. The Labute approximate surface area is 124 Å². The van der Waals surface area contributed by atoms with Gasteiger partial charge in [-0.1, -0.05) is 12.1 Å². The van der Waals surface area contributed by atoms with E-state index in [2.05, 4.69) is 15.5 Å². The second-order valence-electron chi connectivity index (χ2n) is 5.98. The number of nitrogens with one attached hydrogen (secondary N) is 2. The van der Waals surface area contributed by atoms with Crippen molar-refractivity contribution in [2.24, 2.45) is 5.92 Å². The lowest BCUT2D eigenvalue weighted by Crippen LogP contribution is -2.57. The Morgan fingerprint density at radius 3 is 2.62 bits per heavy atom. The fourth-order valence-electron chi connectivity index (χ4n) is 3.28. The van der Waals surface area contributed by atoms with Crippen molar-refractivity contribution >= 4 is 17.5 Å². The van der Waals surface area contributed by atoms with Crippen LogP contribution in [0.5, 0.6) is 0 Å². The molecule has 1 unspecified atom stereocenters. The number of Topliss-reactive ketones (excluding diaryl/α,β-unsaturated/α-hetero) is 1. The largest absolute Gasteiger partial charge is 0.334 e. The lowest BCUT2D eigenvalue weighted by Gasteiger charge is -2.44. The van der Waals surface area contributed by atoms with Gasteiger partial charge in [0.05, 0.1) is 0 Å². The third kappa shape index (κ3) is 3.24. The smallest absolute Gasteiger partial charge is 0.319 e. The number of piperidine rings is 3. The standard InChI is InChI=1S/C16H21N3O2/c1-11(20)13-3-2-4-14(9-13)17-16(21)18-15-10-19-7-5-12(15)6-8-19/h2-4,9,12,15H,5-8,10H2,1H3,(H2,17,18,21). The second kappa shape index (κ2) is 5.85. The number of hydrogen-bond donors (Lipinski definition) is 2. The molecular weight excluding hydrogens is 266 g/mol. The fraction of sp³-hybridized carbons (Fsp3) is 0.500. The first-order valence-electron chi connectivity index (χ1n) is 7.53. The summed E-state index contributed by atoms with van der Waals surface area (Å²) in [7, 11) is 0. The fourth-order valence-corrected chi connectivity index (χ4v) is 3.28. The van der Waals surface area contributed by atoms with Gasteiger partial charge in [0.25, 0.3) is 0 Å². The minimum absolute atomic E-state index is 0.00329. The molecule has 1 aromatic rings. The highest BCUT2D eigenvalue weighted by Crippen LogP contribution is 2.27. The molecule has 3 saturated heterocycles. The molecule has 2 amide bonds. The van der Waals surface area contributed by atoms with Crippen molar-refractivity contribution in [3.05, 3.63) is 29.8 Å². The van der Waals surface area contributed by atoms with Crippen LogP contribution >= 0.6 is 0 Å². The first-order valence-corrected chi connectivity index (χ1v) is 7.53. The maximum absolute atomic E-state index is 12.1. The van der Waals surface area contributed by atoms with Crippen LogP contribution in [0.3, 0.4) is 0 Å². The van der Waals surface area contributed by atoms with Gasteiger partial charge in [-0.05, 0) is 50.9 Å². The summed E-state index contributed by atoms with van der Waals surface area (Å²) in [5.41, 5.74) is 1.26. The molecule has 0 aliphatic carbocycles. The van der Waals surface area contributed by atoms with Gasteiger partial charge < -0.3 is 15.5 Å². The molecule has 3 heterocycles. The lowest BCUT2D eigenvalue weighted by molar-refractivity contribution is 0.0777. The van der Waals surface area contributed by atoms with E-state index in [1.165, 1.54) is 19.8 Å². The van der Waals surface area contributed by atoms with Gasteiger partial charge in [-0.3, -0.25) is 4.79 Å². The maximum Gasteiger partial charge on any atom is 0.319 e. The van der Waals surface area contributed by atoms with Crippen LogP contribution in [-0.4, -0.2) is 42.4 Å². The zero-order chi connectivity index (χ0) is 14.8. The molecule has 1 atom stereocenters. The van der Waals surface area contributed by atoms with Crippen LogP contribution in [-0.2, 0) is 0 Å². The Hall–Kier alpha value is -1.88. The lowest BCUT2D eigenvalue weighted by atomic mass is 9.84. The summed E-state index contributed by atoms with van der Waals surface area (Å²) in [5, 5.41) is 5.89. The van der Waals surface area contributed by atoms with E-state index in [-0.39, 0.29) is 17.9 Å². The molecule has 3 aliphatic rings. The highest BCUT2D eigenvalue weighted by Gasteiger charge is 2.34. The third-order valence-corrected chi connectivity index (χ3v) is 4.50. The minimum atomic E-state index is -0.186. The molecule has 0 aromatic heterocycles. The number of nitrogens with zero attached hydrogens (tertiary/aromatic N) is 1. The molecule has 0 spiro atoms. The van der Waals surface area contributed by atoms with Gasteiger partial charge in [0.1, 0.15) is 0 Å². The van der Waals surface area contributed by atoms with E-state index in [4.69, 9.17) is 0 Å². The van der Waals surface area contributed by atoms with Crippen LogP contribution in [0.4, 0.5) is 10.5 Å². The number of carbonyl (C=O) groups is 2. The molecular formula is C16H21N3O2. The van der Waals surface area contributed by atoms with E-state index in [1.807, 2.05) is 0 Å². The molecule has 0 radical (unpaired) electrons. The van der Waals surface area contributed by atoms with Crippen LogP contribution in [0, 0.1) is 5.92 Å². The molecule has 21 heavy (non-hydrogen) atoms. The van der Waals surface area contributed by atoms with Crippen LogP contribution in [0.15, 0.2) is 24.3 Å². The molecule has 112 valence electrons. The SMILES string of the molecule is CC(=O)c1cccc(NC(=O)NC2CN3CCC2CC3)c1. The molecule has 0 saturated carbocycles. The summed E-state index contributed by atoms with van der Waals surface area (Å²) in [5.74, 6) is 0.598. The number of carbonyl (C=O) groups excluding carboxylic acids is 2. The van der Waals surface area contributed by atoms with Crippen LogP contribution in [0.25, 0.3) is 0 Å². The van der Waals surface area contributed by atoms with E-state index in [0.717, 1.165) is 19.6 Å². The number of rotatable bonds is 3. The Bertz CT molecular complexity index is 550. The molecule has 4 rings (SSSR count). The Morgan fingerprint density at radius 1 is 1.24 bits per heavy atom. The van der Waals surface area contributed by atoms with E-state index >= 15 is 0 Å². The van der Waals surface area contributed by atoms with Gasteiger partial charge >= 0.3 is 6.03 Å². The number of anilines is 1. The van der Waals surface area contributed by atoms with E-state index in [0.29, 0.717) is 17.2 Å². The summed E-state index contributed by atoms with van der Waals surface area (Å²) in [6.45, 7) is 4.79.